The molecule has 2 saturated heterocycles. The first-order valence-corrected chi connectivity index (χ1v) is 15.1. The van der Waals surface area contributed by atoms with Crippen molar-refractivity contribution in [3.05, 3.63) is 63.3 Å². The van der Waals surface area contributed by atoms with Crippen molar-refractivity contribution in [1.82, 2.24) is 0 Å². The van der Waals surface area contributed by atoms with Crippen LogP contribution in [0.3, 0.4) is 0 Å². The van der Waals surface area contributed by atoms with Crippen LogP contribution in [0.4, 0.5) is 0 Å². The Morgan fingerprint density at radius 1 is 0.915 bits per heavy atom. The van der Waals surface area contributed by atoms with Crippen LogP contribution in [-0.4, -0.2) is 110 Å². The number of methoxy groups -OCH3 is 1. The van der Waals surface area contributed by atoms with Crippen LogP contribution < -0.4 is 14.9 Å². The zero-order valence-electron chi connectivity index (χ0n) is 26.2. The van der Waals surface area contributed by atoms with Gasteiger partial charge in [0.2, 0.25) is 11.7 Å². The van der Waals surface area contributed by atoms with Gasteiger partial charge in [-0.05, 0) is 51.5 Å². The molecule has 2 aliphatic rings. The van der Waals surface area contributed by atoms with Crippen LogP contribution >= 0.6 is 0 Å². The molecule has 2 aromatic carbocycles. The van der Waals surface area contributed by atoms with Gasteiger partial charge in [0.1, 0.15) is 82.8 Å². The molecule has 0 spiro atoms. The Kier molecular flexibility index (Phi) is 10.3. The summed E-state index contributed by atoms with van der Waals surface area (Å²) in [5.41, 5.74) is 0.298. The fraction of sp³-hybridized carbons (Fsp3) is 0.485. The minimum Gasteiger partial charge on any atom is -0.507 e. The Balaban J connectivity index is 1.77. The quantitative estimate of drug-likeness (QED) is 0.153. The molecule has 8 N–H and O–H groups in total. The molecular formula is C33H40O14. The van der Waals surface area contributed by atoms with E-state index in [1.54, 1.807) is 30.3 Å². The van der Waals surface area contributed by atoms with E-state index >= 15 is 0 Å². The van der Waals surface area contributed by atoms with Crippen LogP contribution in [0.15, 0.2) is 51.2 Å². The number of aliphatic hydroxyl groups is 7. The molecule has 3 heterocycles. The number of allylic oxidation sites excluding steroid dienone is 2. The average Bonchev–Trinajstić information content (AvgIpc) is 3.05. The van der Waals surface area contributed by atoms with Gasteiger partial charge in [0.25, 0.3) is 0 Å². The third-order valence-corrected chi connectivity index (χ3v) is 8.54. The normalized spacial score (nSPS) is 31.0. The van der Waals surface area contributed by atoms with Gasteiger partial charge in [-0.1, -0.05) is 11.6 Å². The van der Waals surface area contributed by atoms with Crippen LogP contribution in [0.1, 0.15) is 38.0 Å². The third-order valence-electron chi connectivity index (χ3n) is 8.54. The number of fused-ring (bicyclic) bond motifs is 1. The number of ether oxygens (including phenoxy) is 4. The molecule has 2 fully saturated rings. The van der Waals surface area contributed by atoms with E-state index in [0.29, 0.717) is 11.3 Å². The van der Waals surface area contributed by atoms with Gasteiger partial charge < -0.3 is 64.2 Å². The second-order valence-electron chi connectivity index (χ2n) is 12.0. The van der Waals surface area contributed by atoms with E-state index in [-0.39, 0.29) is 40.0 Å². The molecule has 2 aliphatic heterocycles. The average molecular weight is 661 g/mol. The first kappa shape index (κ1) is 34.8. The Labute approximate surface area is 269 Å². The van der Waals surface area contributed by atoms with Gasteiger partial charge in [0, 0.05) is 17.2 Å². The highest BCUT2D eigenvalue weighted by atomic mass is 16.7. The van der Waals surface area contributed by atoms with Gasteiger partial charge in [-0.25, -0.2) is 0 Å². The highest BCUT2D eigenvalue weighted by Gasteiger charge is 2.46. The summed E-state index contributed by atoms with van der Waals surface area (Å²) in [5.74, 6) is -0.297. The molecule has 14 heteroatoms. The van der Waals surface area contributed by atoms with Crippen molar-refractivity contribution in [2.75, 3.05) is 13.7 Å². The molecule has 0 bridgehead atoms. The van der Waals surface area contributed by atoms with Gasteiger partial charge in [-0.2, -0.15) is 0 Å². The van der Waals surface area contributed by atoms with Crippen LogP contribution in [-0.2, 0) is 15.9 Å². The summed E-state index contributed by atoms with van der Waals surface area (Å²) in [7, 11) is 1.48. The van der Waals surface area contributed by atoms with Crippen molar-refractivity contribution >= 4 is 11.0 Å². The fourth-order valence-electron chi connectivity index (χ4n) is 5.79. The maximum absolute atomic E-state index is 14.4. The topological polar surface area (TPSA) is 229 Å². The number of aromatic hydroxyl groups is 1. The first-order valence-electron chi connectivity index (χ1n) is 15.1. The molecule has 0 aliphatic carbocycles. The van der Waals surface area contributed by atoms with E-state index < -0.39 is 79.0 Å². The number of phenols is 1. The molecular weight excluding hydrogens is 620 g/mol. The monoisotopic (exact) mass is 660 g/mol. The summed E-state index contributed by atoms with van der Waals surface area (Å²) >= 11 is 0. The SMILES string of the molecule is COc1ccc(-c2oc3c(CC=C(C)C)c(O[C@H]4O[C@@H](CO)[C@H](O)[C@@H](O)[C@@H]4O)cc(O)c3c(=O)c2[C@H]2O[C@@H](C)[C@H](O)[C@@H](O)[C@H]2O)cc1. The third kappa shape index (κ3) is 6.48. The molecule has 5 rings (SSSR count). The molecule has 256 valence electrons. The van der Waals surface area contributed by atoms with Crippen LogP contribution in [0.2, 0.25) is 0 Å². The zero-order chi connectivity index (χ0) is 34.3. The smallest absolute Gasteiger partial charge is 0.229 e. The summed E-state index contributed by atoms with van der Waals surface area (Å²) in [6, 6.07) is 7.53. The molecule has 1 aromatic heterocycles. The Bertz CT molecular complexity index is 1660. The number of hydrogen-bond donors (Lipinski definition) is 8. The van der Waals surface area contributed by atoms with Crippen molar-refractivity contribution in [1.29, 1.82) is 0 Å². The van der Waals surface area contributed by atoms with Gasteiger partial charge in [-0.15, -0.1) is 0 Å². The largest absolute Gasteiger partial charge is 0.507 e. The number of hydrogen-bond acceptors (Lipinski definition) is 14. The molecule has 0 radical (unpaired) electrons. The molecule has 10 atom stereocenters. The van der Waals surface area contributed by atoms with E-state index in [0.717, 1.165) is 11.6 Å². The van der Waals surface area contributed by atoms with Gasteiger partial charge in [0.15, 0.2) is 0 Å². The van der Waals surface area contributed by atoms with Gasteiger partial charge in [0.05, 0.1) is 25.4 Å². The standard InChI is InChI=1S/C33H40O14/c1-13(2)5-10-17-19(45-33-29(42)27(40)24(37)20(12-34)46-33)11-18(35)21-25(38)22(32-28(41)26(39)23(36)14(3)44-32)30(47-31(17)21)15-6-8-16(43-4)9-7-15/h5-9,11,14,20,23-24,26-29,32-37,39-42H,10,12H2,1-4H3/t14-,20-,23-,24-,26+,27+,28+,29-,32+,33-/m0/s1. The number of phenolic OH excluding ortho intramolecular Hbond substituents is 1. The minimum atomic E-state index is -1.76. The van der Waals surface area contributed by atoms with E-state index in [1.807, 2.05) is 13.8 Å². The molecule has 47 heavy (non-hydrogen) atoms. The lowest BCUT2D eigenvalue weighted by Crippen LogP contribution is -2.60. The molecule has 0 saturated carbocycles. The van der Waals surface area contributed by atoms with E-state index in [2.05, 4.69) is 0 Å². The van der Waals surface area contributed by atoms with Crippen molar-refractivity contribution < 1.29 is 64.2 Å². The number of rotatable bonds is 8. The van der Waals surface area contributed by atoms with Crippen molar-refractivity contribution in [3.8, 4) is 28.6 Å². The lowest BCUT2D eigenvalue weighted by atomic mass is 9.89. The predicted molar refractivity (Wildman–Crippen MR) is 165 cm³/mol. The van der Waals surface area contributed by atoms with Gasteiger partial charge >= 0.3 is 0 Å². The molecule has 3 aromatic rings. The highest BCUT2D eigenvalue weighted by molar-refractivity contribution is 5.90. The van der Waals surface area contributed by atoms with E-state index in [9.17, 15) is 45.6 Å². The number of benzene rings is 2. The van der Waals surface area contributed by atoms with Crippen LogP contribution in [0, 0.1) is 0 Å². The highest BCUT2D eigenvalue weighted by Crippen LogP contribution is 2.42. The van der Waals surface area contributed by atoms with Crippen molar-refractivity contribution in [3.63, 3.8) is 0 Å². The molecule has 14 nitrogen and oxygen atoms in total. The maximum Gasteiger partial charge on any atom is 0.229 e. The zero-order valence-corrected chi connectivity index (χ0v) is 26.2. The van der Waals surface area contributed by atoms with Crippen LogP contribution in [0.25, 0.3) is 22.3 Å². The Hall–Kier alpha value is -3.57. The lowest BCUT2D eigenvalue weighted by Gasteiger charge is -2.40. The second-order valence-corrected chi connectivity index (χ2v) is 12.0. The van der Waals surface area contributed by atoms with E-state index in [4.69, 9.17) is 23.4 Å². The lowest BCUT2D eigenvalue weighted by molar-refractivity contribution is -0.277. The predicted octanol–water partition coefficient (Wildman–Crippen LogP) is 0.404. The first-order chi connectivity index (χ1) is 22.3. The fourth-order valence-corrected chi connectivity index (χ4v) is 5.79. The summed E-state index contributed by atoms with van der Waals surface area (Å²) in [4.78, 5) is 14.4. The second kappa shape index (κ2) is 13.9. The number of aliphatic hydroxyl groups excluding tert-OH is 7. The van der Waals surface area contributed by atoms with Crippen LogP contribution in [0.5, 0.6) is 17.2 Å². The summed E-state index contributed by atoms with van der Waals surface area (Å²) in [6.07, 6.45) is -13.5. The minimum absolute atomic E-state index is 0.0761. The molecule has 0 amide bonds. The van der Waals surface area contributed by atoms with Crippen molar-refractivity contribution in [2.45, 2.75) is 88.4 Å². The van der Waals surface area contributed by atoms with Gasteiger partial charge in [-0.3, -0.25) is 4.79 Å². The van der Waals surface area contributed by atoms with E-state index in [1.165, 1.54) is 14.0 Å². The summed E-state index contributed by atoms with van der Waals surface area (Å²) in [5, 5.41) is 83.7. The Morgan fingerprint density at radius 2 is 1.57 bits per heavy atom. The van der Waals surface area contributed by atoms with Crippen molar-refractivity contribution in [2.24, 2.45) is 0 Å². The maximum atomic E-state index is 14.4. The summed E-state index contributed by atoms with van der Waals surface area (Å²) in [6.45, 7) is 4.45. The summed E-state index contributed by atoms with van der Waals surface area (Å²) < 4.78 is 29.0. The Morgan fingerprint density at radius 3 is 2.19 bits per heavy atom. The molecule has 0 unspecified atom stereocenters.